The van der Waals surface area contributed by atoms with Gasteiger partial charge in [-0.2, -0.15) is 5.10 Å². The number of aryl methyl sites for hydroxylation is 2. The summed E-state index contributed by atoms with van der Waals surface area (Å²) in [4.78, 5) is 26.9. The van der Waals surface area contributed by atoms with E-state index in [0.29, 0.717) is 31.4 Å². The molecular weight excluding hydrogens is 372 g/mol. The lowest BCUT2D eigenvalue weighted by Crippen LogP contribution is -2.28. The van der Waals surface area contributed by atoms with Crippen molar-refractivity contribution in [1.29, 1.82) is 0 Å². The van der Waals surface area contributed by atoms with Gasteiger partial charge in [0, 0.05) is 26.6 Å². The van der Waals surface area contributed by atoms with E-state index in [4.69, 9.17) is 0 Å². The summed E-state index contributed by atoms with van der Waals surface area (Å²) >= 11 is 1.61. The number of aromatic nitrogens is 3. The van der Waals surface area contributed by atoms with E-state index in [9.17, 15) is 9.59 Å². The molecule has 0 radical (unpaired) electrons. The molecule has 0 bridgehead atoms. The molecule has 28 heavy (non-hydrogen) atoms. The minimum absolute atomic E-state index is 0.0675. The van der Waals surface area contributed by atoms with Gasteiger partial charge in [0.2, 0.25) is 5.91 Å². The SMILES string of the molecule is Cc1nn(CCCC(=O)N(C)Cc2ccccc2)c(=O)c2cc3sccc3n12. The van der Waals surface area contributed by atoms with Crippen LogP contribution in [0.5, 0.6) is 0 Å². The predicted octanol–water partition coefficient (Wildman–Crippen LogP) is 3.46. The van der Waals surface area contributed by atoms with E-state index in [1.54, 1.807) is 16.2 Å². The van der Waals surface area contributed by atoms with Gasteiger partial charge in [-0.05, 0) is 36.4 Å². The van der Waals surface area contributed by atoms with Crippen LogP contribution >= 0.6 is 11.3 Å². The highest BCUT2D eigenvalue weighted by Crippen LogP contribution is 2.24. The van der Waals surface area contributed by atoms with Gasteiger partial charge in [-0.3, -0.25) is 14.0 Å². The summed E-state index contributed by atoms with van der Waals surface area (Å²) in [5.41, 5.74) is 2.65. The highest BCUT2D eigenvalue weighted by atomic mass is 32.1. The summed E-state index contributed by atoms with van der Waals surface area (Å²) in [7, 11) is 1.81. The van der Waals surface area contributed by atoms with Gasteiger partial charge in [-0.15, -0.1) is 11.3 Å². The fourth-order valence-corrected chi connectivity index (χ4v) is 4.30. The number of carbonyl (C=O) groups is 1. The summed E-state index contributed by atoms with van der Waals surface area (Å²) in [6.07, 6.45) is 0.966. The molecule has 0 N–H and O–H groups in total. The molecule has 0 unspecified atom stereocenters. The monoisotopic (exact) mass is 394 g/mol. The highest BCUT2D eigenvalue weighted by Gasteiger charge is 2.14. The van der Waals surface area contributed by atoms with Gasteiger partial charge in [0.25, 0.3) is 5.56 Å². The lowest BCUT2D eigenvalue weighted by Gasteiger charge is -2.17. The van der Waals surface area contributed by atoms with Crippen LogP contribution in [-0.2, 0) is 17.9 Å². The Morgan fingerprint density at radius 3 is 2.75 bits per heavy atom. The van der Waals surface area contributed by atoms with Crippen LogP contribution in [0.4, 0.5) is 0 Å². The third kappa shape index (κ3) is 3.45. The van der Waals surface area contributed by atoms with Crippen molar-refractivity contribution in [3.05, 3.63) is 69.6 Å². The van der Waals surface area contributed by atoms with Crippen molar-refractivity contribution < 1.29 is 4.79 Å². The first-order chi connectivity index (χ1) is 13.5. The number of rotatable bonds is 6. The molecule has 3 aromatic heterocycles. The molecule has 0 atom stereocenters. The number of benzene rings is 1. The van der Waals surface area contributed by atoms with E-state index in [0.717, 1.165) is 21.6 Å². The molecular formula is C21H22N4O2S. The highest BCUT2D eigenvalue weighted by molar-refractivity contribution is 7.17. The van der Waals surface area contributed by atoms with Gasteiger partial charge in [-0.1, -0.05) is 30.3 Å². The minimum atomic E-state index is -0.112. The van der Waals surface area contributed by atoms with E-state index in [2.05, 4.69) is 5.10 Å². The first-order valence-electron chi connectivity index (χ1n) is 9.29. The molecule has 3 heterocycles. The molecule has 0 saturated heterocycles. The van der Waals surface area contributed by atoms with Gasteiger partial charge < -0.3 is 4.90 Å². The molecule has 0 saturated carbocycles. The second-order valence-corrected chi connectivity index (χ2v) is 7.90. The van der Waals surface area contributed by atoms with Crippen LogP contribution in [0.1, 0.15) is 24.2 Å². The van der Waals surface area contributed by atoms with Crippen molar-refractivity contribution in [3.63, 3.8) is 0 Å². The Labute approximate surface area is 166 Å². The Bertz CT molecular complexity index is 1190. The molecule has 4 aromatic rings. The molecule has 4 rings (SSSR count). The maximum absolute atomic E-state index is 12.8. The fraction of sp³-hybridized carbons (Fsp3) is 0.286. The van der Waals surface area contributed by atoms with Gasteiger partial charge in [-0.25, -0.2) is 4.68 Å². The van der Waals surface area contributed by atoms with Crippen molar-refractivity contribution in [2.45, 2.75) is 32.9 Å². The molecule has 0 aliphatic carbocycles. The smallest absolute Gasteiger partial charge is 0.291 e. The zero-order valence-corrected chi connectivity index (χ0v) is 16.8. The van der Waals surface area contributed by atoms with Crippen LogP contribution in [0.3, 0.4) is 0 Å². The van der Waals surface area contributed by atoms with Crippen molar-refractivity contribution in [3.8, 4) is 0 Å². The van der Waals surface area contributed by atoms with Crippen LogP contribution in [0, 0.1) is 6.92 Å². The molecule has 144 valence electrons. The number of fused-ring (bicyclic) bond motifs is 3. The molecule has 0 fully saturated rings. The van der Waals surface area contributed by atoms with Crippen LogP contribution in [0.2, 0.25) is 0 Å². The summed E-state index contributed by atoms with van der Waals surface area (Å²) in [5, 5.41) is 6.47. The van der Waals surface area contributed by atoms with Gasteiger partial charge in [0.1, 0.15) is 11.3 Å². The van der Waals surface area contributed by atoms with E-state index in [-0.39, 0.29) is 11.5 Å². The number of carbonyl (C=O) groups excluding carboxylic acids is 1. The van der Waals surface area contributed by atoms with Crippen LogP contribution < -0.4 is 5.56 Å². The Morgan fingerprint density at radius 1 is 1.18 bits per heavy atom. The maximum atomic E-state index is 12.8. The maximum Gasteiger partial charge on any atom is 0.291 e. The fourth-order valence-electron chi connectivity index (χ4n) is 3.50. The van der Waals surface area contributed by atoms with E-state index in [1.165, 1.54) is 4.68 Å². The van der Waals surface area contributed by atoms with Crippen molar-refractivity contribution in [2.24, 2.45) is 0 Å². The quantitative estimate of drug-likeness (QED) is 0.503. The van der Waals surface area contributed by atoms with Gasteiger partial charge in [0.05, 0.1) is 10.2 Å². The van der Waals surface area contributed by atoms with Crippen LogP contribution in [0.25, 0.3) is 15.7 Å². The second kappa shape index (κ2) is 7.59. The Hall–Kier alpha value is -2.93. The van der Waals surface area contributed by atoms with Crippen molar-refractivity contribution >= 4 is 33.0 Å². The predicted molar refractivity (Wildman–Crippen MR) is 112 cm³/mol. The van der Waals surface area contributed by atoms with E-state index < -0.39 is 0 Å². The molecule has 1 amide bonds. The lowest BCUT2D eigenvalue weighted by molar-refractivity contribution is -0.130. The molecule has 7 heteroatoms. The molecule has 0 aliphatic heterocycles. The van der Waals surface area contributed by atoms with Crippen LogP contribution in [-0.4, -0.2) is 32.0 Å². The summed E-state index contributed by atoms with van der Waals surface area (Å²) in [6, 6.07) is 13.8. The number of nitrogens with zero attached hydrogens (tertiary/aromatic N) is 4. The molecule has 1 aromatic carbocycles. The summed E-state index contributed by atoms with van der Waals surface area (Å²) in [6.45, 7) is 2.92. The third-order valence-corrected chi connectivity index (χ3v) is 5.77. The van der Waals surface area contributed by atoms with E-state index in [1.807, 2.05) is 66.2 Å². The minimum Gasteiger partial charge on any atom is -0.341 e. The molecule has 0 aliphatic rings. The molecule has 0 spiro atoms. The number of hydrogen-bond donors (Lipinski definition) is 0. The average Bonchev–Trinajstić information content (AvgIpc) is 3.27. The molecule has 6 nitrogen and oxygen atoms in total. The van der Waals surface area contributed by atoms with Crippen LogP contribution in [0.15, 0.2) is 52.6 Å². The standard InChI is InChI=1S/C21H22N4O2S/c1-15-22-24(21(27)18-13-19-17(25(15)18)10-12-28-19)11-6-9-20(26)23(2)14-16-7-4-3-5-8-16/h3-5,7-8,10,12-13H,6,9,11,14H2,1-2H3. The lowest BCUT2D eigenvalue weighted by atomic mass is 10.2. The van der Waals surface area contributed by atoms with Crippen molar-refractivity contribution in [1.82, 2.24) is 19.1 Å². The first-order valence-corrected chi connectivity index (χ1v) is 10.2. The van der Waals surface area contributed by atoms with Gasteiger partial charge in [0.15, 0.2) is 0 Å². The number of hydrogen-bond acceptors (Lipinski definition) is 4. The average molecular weight is 395 g/mol. The number of amides is 1. The zero-order chi connectivity index (χ0) is 19.7. The summed E-state index contributed by atoms with van der Waals surface area (Å²) < 4.78 is 4.47. The normalized spacial score (nSPS) is 11.4. The first kappa shape index (κ1) is 18.4. The van der Waals surface area contributed by atoms with Gasteiger partial charge >= 0.3 is 0 Å². The summed E-state index contributed by atoms with van der Waals surface area (Å²) in [5.74, 6) is 0.841. The Balaban J connectivity index is 1.43. The second-order valence-electron chi connectivity index (χ2n) is 6.95. The largest absolute Gasteiger partial charge is 0.341 e. The van der Waals surface area contributed by atoms with Crippen molar-refractivity contribution in [2.75, 3.05) is 7.05 Å². The van der Waals surface area contributed by atoms with E-state index >= 15 is 0 Å². The zero-order valence-electron chi connectivity index (χ0n) is 16.0. The Kier molecular flexibility index (Phi) is 5.00. The Morgan fingerprint density at radius 2 is 1.96 bits per heavy atom. The topological polar surface area (TPSA) is 59.6 Å². The number of thiophene rings is 1. The third-order valence-electron chi connectivity index (χ3n) is 4.91.